The third-order valence-electron chi connectivity index (χ3n) is 2.72. The monoisotopic (exact) mass is 274 g/mol. The van der Waals surface area contributed by atoms with Gasteiger partial charge in [0.2, 0.25) is 0 Å². The van der Waals surface area contributed by atoms with Gasteiger partial charge < -0.3 is 10.8 Å². The molecule has 0 saturated carbocycles. The average molecular weight is 274 g/mol. The van der Waals surface area contributed by atoms with Crippen LogP contribution in [0.2, 0.25) is 0 Å². The van der Waals surface area contributed by atoms with E-state index in [1.165, 1.54) is 11.8 Å². The van der Waals surface area contributed by atoms with E-state index >= 15 is 0 Å². The summed E-state index contributed by atoms with van der Waals surface area (Å²) in [5.74, 6) is 0. The molecule has 0 aliphatic heterocycles. The van der Waals surface area contributed by atoms with Gasteiger partial charge in [-0.25, -0.2) is 9.89 Å². The molecule has 0 aromatic carbocycles. The maximum atomic E-state index is 11.6. The van der Waals surface area contributed by atoms with Gasteiger partial charge in [-0.2, -0.15) is 0 Å². The molecule has 0 fully saturated rings. The van der Waals surface area contributed by atoms with Crippen molar-refractivity contribution < 1.29 is 5.11 Å². The molecule has 2 atom stereocenters. The van der Waals surface area contributed by atoms with Gasteiger partial charge in [0.05, 0.1) is 11.9 Å². The predicted molar refractivity (Wildman–Crippen MR) is 72.8 cm³/mol. The minimum atomic E-state index is -0.228. The lowest BCUT2D eigenvalue weighted by Gasteiger charge is -2.21. The van der Waals surface area contributed by atoms with Gasteiger partial charge in [0, 0.05) is 12.1 Å². The number of nitrogens with two attached hydrogens (primary N) is 1. The van der Waals surface area contributed by atoms with Gasteiger partial charge in [0.15, 0.2) is 5.16 Å². The topological polar surface area (TPSA) is 96.9 Å². The summed E-state index contributed by atoms with van der Waals surface area (Å²) in [5.41, 5.74) is 5.79. The highest BCUT2D eigenvalue weighted by Crippen LogP contribution is 2.24. The van der Waals surface area contributed by atoms with Crippen LogP contribution in [0.25, 0.3) is 0 Å². The number of hydrogen-bond acceptors (Lipinski definition) is 5. The molecule has 7 heteroatoms. The number of rotatable bonds is 7. The molecule has 6 nitrogen and oxygen atoms in total. The van der Waals surface area contributed by atoms with E-state index < -0.39 is 0 Å². The summed E-state index contributed by atoms with van der Waals surface area (Å²) < 4.78 is 1.58. The molecular formula is C11H22N4O2S. The van der Waals surface area contributed by atoms with Gasteiger partial charge in [0.25, 0.3) is 0 Å². The summed E-state index contributed by atoms with van der Waals surface area (Å²) in [4.78, 5) is 11.6. The smallest absolute Gasteiger partial charge is 0.344 e. The average Bonchev–Trinajstić information content (AvgIpc) is 2.67. The zero-order chi connectivity index (χ0) is 13.7. The fraction of sp³-hybridized carbons (Fsp3) is 0.818. The number of thioether (sulfide) groups is 1. The highest BCUT2D eigenvalue weighted by molar-refractivity contribution is 7.99. The fourth-order valence-electron chi connectivity index (χ4n) is 1.74. The van der Waals surface area contributed by atoms with E-state index in [4.69, 9.17) is 5.73 Å². The molecule has 2 unspecified atom stereocenters. The van der Waals surface area contributed by atoms with Crippen LogP contribution in [0.1, 0.15) is 39.7 Å². The van der Waals surface area contributed by atoms with Crippen LogP contribution in [0.5, 0.6) is 0 Å². The van der Waals surface area contributed by atoms with Crippen molar-refractivity contribution in [1.82, 2.24) is 14.8 Å². The van der Waals surface area contributed by atoms with E-state index in [2.05, 4.69) is 17.1 Å². The third kappa shape index (κ3) is 3.60. The molecule has 0 radical (unpaired) electrons. The number of nitrogens with one attached hydrogen (secondary N) is 1. The molecule has 0 spiro atoms. The van der Waals surface area contributed by atoms with E-state index in [1.807, 2.05) is 13.8 Å². The second-order valence-electron chi connectivity index (χ2n) is 4.57. The van der Waals surface area contributed by atoms with Gasteiger partial charge in [-0.05, 0) is 20.3 Å². The Kier molecular flexibility index (Phi) is 5.90. The van der Waals surface area contributed by atoms with E-state index in [-0.39, 0.29) is 29.6 Å². The van der Waals surface area contributed by atoms with Crippen LogP contribution in [-0.4, -0.2) is 37.8 Å². The van der Waals surface area contributed by atoms with Crippen LogP contribution < -0.4 is 11.4 Å². The second-order valence-corrected chi connectivity index (χ2v) is 5.77. The SMILES string of the molecule is CCCC(N)C(CO)Sc1n[nH]c(=O)n1C(C)C. The molecular weight excluding hydrogens is 252 g/mol. The quantitative estimate of drug-likeness (QED) is 0.637. The van der Waals surface area contributed by atoms with Crippen LogP contribution in [0.3, 0.4) is 0 Å². The zero-order valence-electron chi connectivity index (χ0n) is 11.1. The molecule has 0 amide bonds. The highest BCUT2D eigenvalue weighted by Gasteiger charge is 2.22. The Bertz CT molecular complexity index is 415. The molecule has 1 aromatic heterocycles. The maximum Gasteiger partial charge on any atom is 0.344 e. The Morgan fingerprint density at radius 1 is 1.56 bits per heavy atom. The first-order valence-electron chi connectivity index (χ1n) is 6.21. The van der Waals surface area contributed by atoms with Crippen LogP contribution in [-0.2, 0) is 0 Å². The normalized spacial score (nSPS) is 15.0. The molecule has 18 heavy (non-hydrogen) atoms. The minimum Gasteiger partial charge on any atom is -0.395 e. The van der Waals surface area contributed by atoms with Crippen molar-refractivity contribution >= 4 is 11.8 Å². The Labute approximate surface area is 111 Å². The molecule has 4 N–H and O–H groups in total. The number of aromatic amines is 1. The number of aromatic nitrogens is 3. The standard InChI is InChI=1S/C11H22N4O2S/c1-4-5-8(12)9(6-16)18-11-14-13-10(17)15(11)7(2)3/h7-9,16H,4-6,12H2,1-3H3,(H,13,17). The van der Waals surface area contributed by atoms with E-state index in [0.29, 0.717) is 5.16 Å². The van der Waals surface area contributed by atoms with E-state index in [0.717, 1.165) is 12.8 Å². The van der Waals surface area contributed by atoms with Gasteiger partial charge in [0.1, 0.15) is 0 Å². The fourth-order valence-corrected chi connectivity index (χ4v) is 2.91. The first kappa shape index (κ1) is 15.3. The lowest BCUT2D eigenvalue weighted by Crippen LogP contribution is -2.35. The Morgan fingerprint density at radius 2 is 2.22 bits per heavy atom. The van der Waals surface area contributed by atoms with Crippen molar-refractivity contribution in [2.45, 2.75) is 56.1 Å². The van der Waals surface area contributed by atoms with Crippen molar-refractivity contribution in [3.8, 4) is 0 Å². The molecule has 1 heterocycles. The summed E-state index contributed by atoms with van der Waals surface area (Å²) in [5, 5.41) is 16.3. The van der Waals surface area contributed by atoms with Gasteiger partial charge >= 0.3 is 5.69 Å². The molecule has 1 aromatic rings. The lowest BCUT2D eigenvalue weighted by atomic mass is 10.1. The van der Waals surface area contributed by atoms with E-state index in [1.54, 1.807) is 4.57 Å². The minimum absolute atomic E-state index is 0.0228. The first-order valence-corrected chi connectivity index (χ1v) is 7.09. The lowest BCUT2D eigenvalue weighted by molar-refractivity contribution is 0.279. The summed E-state index contributed by atoms with van der Waals surface area (Å²) in [6, 6.07) is -0.0714. The summed E-state index contributed by atoms with van der Waals surface area (Å²) in [6.07, 6.45) is 1.81. The number of aliphatic hydroxyl groups excluding tert-OH is 1. The first-order chi connectivity index (χ1) is 8.51. The van der Waals surface area contributed by atoms with Crippen molar-refractivity contribution in [3.05, 3.63) is 10.5 Å². The Morgan fingerprint density at radius 3 is 2.72 bits per heavy atom. The van der Waals surface area contributed by atoms with Crippen molar-refractivity contribution in [2.24, 2.45) is 5.73 Å². The van der Waals surface area contributed by atoms with Crippen LogP contribution in [0.4, 0.5) is 0 Å². The Hall–Kier alpha value is -0.790. The number of H-pyrrole nitrogens is 1. The molecule has 104 valence electrons. The van der Waals surface area contributed by atoms with Crippen LogP contribution in [0, 0.1) is 0 Å². The molecule has 0 aliphatic rings. The predicted octanol–water partition coefficient (Wildman–Crippen LogP) is 0.733. The summed E-state index contributed by atoms with van der Waals surface area (Å²) >= 11 is 1.36. The van der Waals surface area contributed by atoms with Crippen LogP contribution >= 0.6 is 11.8 Å². The number of nitrogens with zero attached hydrogens (tertiary/aromatic N) is 2. The Balaban J connectivity index is 2.85. The van der Waals surface area contributed by atoms with E-state index in [9.17, 15) is 9.90 Å². The van der Waals surface area contributed by atoms with Gasteiger partial charge in [-0.15, -0.1) is 5.10 Å². The zero-order valence-corrected chi connectivity index (χ0v) is 11.9. The maximum absolute atomic E-state index is 11.6. The van der Waals surface area contributed by atoms with Gasteiger partial charge in [-0.3, -0.25) is 4.57 Å². The highest BCUT2D eigenvalue weighted by atomic mass is 32.2. The van der Waals surface area contributed by atoms with Crippen molar-refractivity contribution in [2.75, 3.05) is 6.61 Å². The second kappa shape index (κ2) is 6.96. The summed E-state index contributed by atoms with van der Waals surface area (Å²) in [6.45, 7) is 5.87. The molecule has 0 saturated heterocycles. The van der Waals surface area contributed by atoms with Crippen molar-refractivity contribution in [3.63, 3.8) is 0 Å². The number of aliphatic hydroxyl groups is 1. The largest absolute Gasteiger partial charge is 0.395 e. The molecule has 0 aliphatic carbocycles. The van der Waals surface area contributed by atoms with Crippen molar-refractivity contribution in [1.29, 1.82) is 0 Å². The van der Waals surface area contributed by atoms with Crippen LogP contribution in [0.15, 0.2) is 9.95 Å². The molecule has 0 bridgehead atoms. The summed E-state index contributed by atoms with van der Waals surface area (Å²) in [7, 11) is 0. The van der Waals surface area contributed by atoms with Gasteiger partial charge in [-0.1, -0.05) is 25.1 Å². The number of hydrogen-bond donors (Lipinski definition) is 3. The third-order valence-corrected chi connectivity index (χ3v) is 4.02. The molecule has 1 rings (SSSR count).